The van der Waals surface area contributed by atoms with E-state index in [2.05, 4.69) is 4.98 Å². The summed E-state index contributed by atoms with van der Waals surface area (Å²) < 4.78 is 28.9. The molecule has 0 saturated heterocycles. The van der Waals surface area contributed by atoms with Crippen molar-refractivity contribution in [2.45, 2.75) is 12.4 Å². The first-order valence-corrected chi connectivity index (χ1v) is 6.66. The Morgan fingerprint density at radius 3 is 2.65 bits per heavy atom. The Hall–Kier alpha value is -1.94. The second-order valence-electron chi connectivity index (χ2n) is 4.47. The molecule has 0 bridgehead atoms. The average molecular weight is 293 g/mol. The molecule has 0 atom stereocenters. The maximum absolute atomic E-state index is 13.8. The Morgan fingerprint density at radius 1 is 1.10 bits per heavy atom. The molecule has 0 spiro atoms. The molecule has 0 N–H and O–H groups in total. The quantitative estimate of drug-likeness (QED) is 0.665. The van der Waals surface area contributed by atoms with E-state index >= 15 is 0 Å². The minimum atomic E-state index is -0.353. The molecule has 0 saturated carbocycles. The highest BCUT2D eigenvalue weighted by molar-refractivity contribution is 6.16. The number of imidazole rings is 1. The van der Waals surface area contributed by atoms with Gasteiger partial charge in [-0.25, -0.2) is 13.8 Å². The van der Waals surface area contributed by atoms with E-state index in [9.17, 15) is 8.78 Å². The topological polar surface area (TPSA) is 17.8 Å². The van der Waals surface area contributed by atoms with E-state index in [0.717, 1.165) is 0 Å². The number of aromatic nitrogens is 2. The van der Waals surface area contributed by atoms with Crippen LogP contribution in [0.1, 0.15) is 11.4 Å². The number of alkyl halides is 1. The summed E-state index contributed by atoms with van der Waals surface area (Å²) in [6.45, 7) is 0.272. The predicted molar refractivity (Wildman–Crippen MR) is 74.8 cm³/mol. The fourth-order valence-electron chi connectivity index (χ4n) is 2.22. The minimum absolute atomic E-state index is 0.185. The molecule has 2 nitrogen and oxygen atoms in total. The summed E-state index contributed by atoms with van der Waals surface area (Å²) in [7, 11) is 0. The lowest BCUT2D eigenvalue weighted by Crippen LogP contribution is -2.05. The standard InChI is InChI=1S/C15H11ClF2N2/c16-8-15-19-13-6-5-11(17)7-14(13)20(15)9-10-3-1-2-4-12(10)18/h1-7H,8-9H2. The van der Waals surface area contributed by atoms with Gasteiger partial charge in [0.2, 0.25) is 0 Å². The molecule has 0 aliphatic carbocycles. The van der Waals surface area contributed by atoms with Crippen LogP contribution in [0.4, 0.5) is 8.78 Å². The third-order valence-corrected chi connectivity index (χ3v) is 3.43. The van der Waals surface area contributed by atoms with Crippen molar-refractivity contribution < 1.29 is 8.78 Å². The summed E-state index contributed by atoms with van der Waals surface area (Å²) in [5.41, 5.74) is 1.78. The fourth-order valence-corrected chi connectivity index (χ4v) is 2.43. The number of rotatable bonds is 3. The van der Waals surface area contributed by atoms with Gasteiger partial charge in [-0.1, -0.05) is 18.2 Å². The molecule has 2 aromatic carbocycles. The summed E-state index contributed by atoms with van der Waals surface area (Å²) >= 11 is 5.88. The molecule has 102 valence electrons. The molecule has 3 rings (SSSR count). The number of fused-ring (bicyclic) bond motifs is 1. The molecule has 0 aliphatic heterocycles. The molecule has 0 aliphatic rings. The van der Waals surface area contributed by atoms with Gasteiger partial charge in [-0.2, -0.15) is 0 Å². The maximum Gasteiger partial charge on any atom is 0.128 e. The average Bonchev–Trinajstić information content (AvgIpc) is 2.79. The molecule has 0 radical (unpaired) electrons. The van der Waals surface area contributed by atoms with Crippen LogP contribution >= 0.6 is 11.6 Å². The van der Waals surface area contributed by atoms with Crippen LogP contribution in [0.25, 0.3) is 11.0 Å². The lowest BCUT2D eigenvalue weighted by molar-refractivity contribution is 0.598. The highest BCUT2D eigenvalue weighted by atomic mass is 35.5. The summed E-state index contributed by atoms with van der Waals surface area (Å²) in [6.07, 6.45) is 0. The number of hydrogen-bond acceptors (Lipinski definition) is 1. The Labute approximate surface area is 119 Å². The van der Waals surface area contributed by atoms with E-state index in [0.29, 0.717) is 22.4 Å². The van der Waals surface area contributed by atoms with Gasteiger partial charge in [-0.3, -0.25) is 0 Å². The summed E-state index contributed by atoms with van der Waals surface area (Å²) in [4.78, 5) is 4.34. The van der Waals surface area contributed by atoms with Gasteiger partial charge in [-0.15, -0.1) is 11.6 Å². The Morgan fingerprint density at radius 2 is 1.90 bits per heavy atom. The molecule has 5 heteroatoms. The zero-order valence-electron chi connectivity index (χ0n) is 10.5. The van der Waals surface area contributed by atoms with Gasteiger partial charge in [-0.05, 0) is 24.3 Å². The fraction of sp³-hybridized carbons (Fsp3) is 0.133. The van der Waals surface area contributed by atoms with Crippen LogP contribution in [0.5, 0.6) is 0 Å². The lowest BCUT2D eigenvalue weighted by Gasteiger charge is -2.08. The zero-order valence-corrected chi connectivity index (χ0v) is 11.2. The van der Waals surface area contributed by atoms with Gasteiger partial charge in [0, 0.05) is 5.56 Å². The Balaban J connectivity index is 2.14. The minimum Gasteiger partial charge on any atom is -0.322 e. The van der Waals surface area contributed by atoms with Crippen LogP contribution in [-0.2, 0) is 12.4 Å². The number of nitrogens with zero attached hydrogens (tertiary/aromatic N) is 2. The van der Waals surface area contributed by atoms with Crippen molar-refractivity contribution >= 4 is 22.6 Å². The largest absolute Gasteiger partial charge is 0.322 e. The zero-order chi connectivity index (χ0) is 14.1. The van der Waals surface area contributed by atoms with E-state index in [1.54, 1.807) is 28.8 Å². The van der Waals surface area contributed by atoms with Crippen LogP contribution in [0.15, 0.2) is 42.5 Å². The first-order chi connectivity index (χ1) is 9.69. The second kappa shape index (κ2) is 5.21. The summed E-state index contributed by atoms with van der Waals surface area (Å²) in [6, 6.07) is 10.8. The Kier molecular flexibility index (Phi) is 3.40. The summed E-state index contributed by atoms with van der Waals surface area (Å²) in [5, 5.41) is 0. The van der Waals surface area contributed by atoms with Crippen molar-refractivity contribution in [3.05, 3.63) is 65.5 Å². The van der Waals surface area contributed by atoms with E-state index in [1.165, 1.54) is 18.2 Å². The van der Waals surface area contributed by atoms with Crippen molar-refractivity contribution in [2.75, 3.05) is 0 Å². The van der Waals surface area contributed by atoms with E-state index < -0.39 is 0 Å². The van der Waals surface area contributed by atoms with Crippen molar-refractivity contribution in [1.29, 1.82) is 0 Å². The number of halogens is 3. The molecule has 1 heterocycles. The van der Waals surface area contributed by atoms with Gasteiger partial charge in [0.15, 0.2) is 0 Å². The molecular formula is C15H11ClF2N2. The van der Waals surface area contributed by atoms with Crippen molar-refractivity contribution in [1.82, 2.24) is 9.55 Å². The molecule has 3 aromatic rings. The van der Waals surface area contributed by atoms with Gasteiger partial charge in [0.05, 0.1) is 23.5 Å². The molecule has 0 fully saturated rings. The van der Waals surface area contributed by atoms with E-state index in [1.807, 2.05) is 0 Å². The van der Waals surface area contributed by atoms with E-state index in [-0.39, 0.29) is 24.1 Å². The Bertz CT molecular complexity index is 768. The van der Waals surface area contributed by atoms with Gasteiger partial charge in [0.25, 0.3) is 0 Å². The van der Waals surface area contributed by atoms with Gasteiger partial charge >= 0.3 is 0 Å². The maximum atomic E-state index is 13.8. The second-order valence-corrected chi connectivity index (χ2v) is 4.74. The predicted octanol–water partition coefficient (Wildman–Crippen LogP) is 4.10. The molecule has 1 aromatic heterocycles. The first-order valence-electron chi connectivity index (χ1n) is 6.13. The lowest BCUT2D eigenvalue weighted by atomic mass is 10.2. The van der Waals surface area contributed by atoms with Crippen molar-refractivity contribution in [3.63, 3.8) is 0 Å². The highest BCUT2D eigenvalue weighted by Gasteiger charge is 2.12. The SMILES string of the molecule is Fc1ccc2nc(CCl)n(Cc3ccccc3F)c2c1. The van der Waals surface area contributed by atoms with Gasteiger partial charge in [0.1, 0.15) is 17.5 Å². The molecular weight excluding hydrogens is 282 g/mol. The van der Waals surface area contributed by atoms with Gasteiger partial charge < -0.3 is 4.57 Å². The molecule has 0 amide bonds. The highest BCUT2D eigenvalue weighted by Crippen LogP contribution is 2.21. The first kappa shape index (κ1) is 13.1. The van der Waals surface area contributed by atoms with Crippen molar-refractivity contribution in [2.24, 2.45) is 0 Å². The third-order valence-electron chi connectivity index (χ3n) is 3.20. The van der Waals surface area contributed by atoms with Crippen LogP contribution in [-0.4, -0.2) is 9.55 Å². The van der Waals surface area contributed by atoms with Crippen LogP contribution in [0.3, 0.4) is 0 Å². The van der Waals surface area contributed by atoms with E-state index in [4.69, 9.17) is 11.6 Å². The smallest absolute Gasteiger partial charge is 0.128 e. The monoisotopic (exact) mass is 292 g/mol. The van der Waals surface area contributed by atoms with Crippen LogP contribution in [0.2, 0.25) is 0 Å². The molecule has 0 unspecified atom stereocenters. The third kappa shape index (κ3) is 2.27. The number of hydrogen-bond donors (Lipinski definition) is 0. The van der Waals surface area contributed by atoms with Crippen LogP contribution < -0.4 is 0 Å². The number of benzene rings is 2. The van der Waals surface area contributed by atoms with Crippen LogP contribution in [0, 0.1) is 11.6 Å². The molecule has 20 heavy (non-hydrogen) atoms. The van der Waals surface area contributed by atoms with Crippen molar-refractivity contribution in [3.8, 4) is 0 Å². The summed E-state index contributed by atoms with van der Waals surface area (Å²) in [5.74, 6) is 0.125. The normalized spacial score (nSPS) is 11.2.